The van der Waals surface area contributed by atoms with Crippen LogP contribution in [0.25, 0.3) is 11.0 Å². The number of carbonyl (C=O) groups is 2. The SMILES string of the molecule is CCCCOc1ccc([C@H]2c3c(oc4ccccc4c3=O)C(=O)N2c2nc(C)c(C(=O)OC)s2)cc1OCC. The summed E-state index contributed by atoms with van der Waals surface area (Å²) in [4.78, 5) is 46.2. The fraction of sp³-hybridized carbons (Fsp3) is 0.310. The number of aryl methyl sites for hydroxylation is 1. The van der Waals surface area contributed by atoms with E-state index in [1.54, 1.807) is 49.4 Å². The molecule has 9 nitrogen and oxygen atoms in total. The van der Waals surface area contributed by atoms with Gasteiger partial charge >= 0.3 is 5.97 Å². The second-order valence-corrected chi connectivity index (χ2v) is 9.97. The molecule has 202 valence electrons. The molecule has 0 saturated carbocycles. The summed E-state index contributed by atoms with van der Waals surface area (Å²) in [7, 11) is 1.29. The van der Waals surface area contributed by atoms with E-state index in [4.69, 9.17) is 18.6 Å². The number of thiazole rings is 1. The smallest absolute Gasteiger partial charge is 0.350 e. The molecule has 1 amide bonds. The standard InChI is InChI=1S/C29H28N2O7S/c1-5-7-14-37-20-13-12-17(15-21(20)36-6-2)23-22-24(32)18-10-8-9-11-19(18)38-25(22)27(33)31(23)29-30-16(3)26(39-29)28(34)35-4/h8-13,15,23H,5-7,14H2,1-4H3/t23-/m0/s1. The van der Waals surface area contributed by atoms with E-state index in [1.807, 2.05) is 6.92 Å². The van der Waals surface area contributed by atoms with Crippen molar-refractivity contribution in [3.8, 4) is 11.5 Å². The van der Waals surface area contributed by atoms with Crippen molar-refractivity contribution in [1.82, 2.24) is 4.98 Å². The van der Waals surface area contributed by atoms with Crippen LogP contribution in [0.5, 0.6) is 11.5 Å². The molecular weight excluding hydrogens is 520 g/mol. The minimum atomic E-state index is -0.867. The molecule has 1 atom stereocenters. The fourth-order valence-electron chi connectivity index (χ4n) is 4.61. The molecule has 39 heavy (non-hydrogen) atoms. The second-order valence-electron chi connectivity index (χ2n) is 8.99. The summed E-state index contributed by atoms with van der Waals surface area (Å²) >= 11 is 1.02. The molecule has 2 aromatic carbocycles. The number of hydrogen-bond donors (Lipinski definition) is 0. The van der Waals surface area contributed by atoms with Crippen LogP contribution in [0.1, 0.15) is 69.8 Å². The van der Waals surface area contributed by atoms with Gasteiger partial charge in [-0.05, 0) is 50.1 Å². The number of esters is 1. The maximum absolute atomic E-state index is 13.9. The number of ether oxygens (including phenoxy) is 3. The van der Waals surface area contributed by atoms with Crippen molar-refractivity contribution in [3.05, 3.63) is 80.1 Å². The van der Waals surface area contributed by atoms with Crippen LogP contribution in [0.4, 0.5) is 5.13 Å². The van der Waals surface area contributed by atoms with E-state index >= 15 is 0 Å². The van der Waals surface area contributed by atoms with Crippen molar-refractivity contribution in [1.29, 1.82) is 0 Å². The van der Waals surface area contributed by atoms with Crippen LogP contribution in [-0.4, -0.2) is 37.2 Å². The summed E-state index contributed by atoms with van der Waals surface area (Å²) in [6, 6.07) is 11.3. The summed E-state index contributed by atoms with van der Waals surface area (Å²) in [5, 5.41) is 0.616. The number of para-hydroxylation sites is 1. The fourth-order valence-corrected chi connectivity index (χ4v) is 5.62. The van der Waals surface area contributed by atoms with E-state index in [-0.39, 0.29) is 26.8 Å². The highest BCUT2D eigenvalue weighted by Crippen LogP contribution is 2.45. The average Bonchev–Trinajstić information content (AvgIpc) is 3.46. The predicted octanol–water partition coefficient (Wildman–Crippen LogP) is 5.67. The van der Waals surface area contributed by atoms with E-state index in [1.165, 1.54) is 12.0 Å². The van der Waals surface area contributed by atoms with Gasteiger partial charge in [0, 0.05) is 0 Å². The zero-order chi connectivity index (χ0) is 27.7. The molecule has 0 bridgehead atoms. The van der Waals surface area contributed by atoms with Crippen molar-refractivity contribution in [2.45, 2.75) is 39.7 Å². The highest BCUT2D eigenvalue weighted by atomic mass is 32.1. The highest BCUT2D eigenvalue weighted by molar-refractivity contribution is 7.17. The van der Waals surface area contributed by atoms with Crippen LogP contribution in [0.2, 0.25) is 0 Å². The molecular formula is C29H28N2O7S. The number of aromatic nitrogens is 1. The lowest BCUT2D eigenvalue weighted by atomic mass is 9.98. The molecule has 0 spiro atoms. The minimum absolute atomic E-state index is 0.0580. The maximum Gasteiger partial charge on any atom is 0.350 e. The maximum atomic E-state index is 13.9. The quantitative estimate of drug-likeness (QED) is 0.194. The first kappa shape index (κ1) is 26.4. The third-order valence-corrected chi connectivity index (χ3v) is 7.62. The van der Waals surface area contributed by atoms with Crippen molar-refractivity contribution in [2.75, 3.05) is 25.2 Å². The zero-order valence-electron chi connectivity index (χ0n) is 22.1. The Kier molecular flexibility index (Phi) is 7.38. The first-order valence-electron chi connectivity index (χ1n) is 12.7. The van der Waals surface area contributed by atoms with Gasteiger partial charge in [0.1, 0.15) is 10.5 Å². The summed E-state index contributed by atoms with van der Waals surface area (Å²) in [5.41, 5.74) is 1.24. The number of benzene rings is 2. The Morgan fingerprint density at radius 2 is 1.90 bits per heavy atom. The number of methoxy groups -OCH3 is 1. The molecule has 0 saturated heterocycles. The van der Waals surface area contributed by atoms with Crippen LogP contribution >= 0.6 is 11.3 Å². The molecule has 1 aliphatic heterocycles. The summed E-state index contributed by atoms with van der Waals surface area (Å²) in [5.74, 6) is -0.0535. The van der Waals surface area contributed by atoms with Gasteiger partial charge in [0.2, 0.25) is 5.76 Å². The van der Waals surface area contributed by atoms with Crippen molar-refractivity contribution in [3.63, 3.8) is 0 Å². The van der Waals surface area contributed by atoms with E-state index in [0.717, 1.165) is 24.2 Å². The van der Waals surface area contributed by atoms with Gasteiger partial charge in [0.05, 0.1) is 43.0 Å². The molecule has 2 aromatic heterocycles. The number of fused-ring (bicyclic) bond motifs is 2. The number of rotatable bonds is 9. The van der Waals surface area contributed by atoms with E-state index < -0.39 is 17.9 Å². The monoisotopic (exact) mass is 548 g/mol. The van der Waals surface area contributed by atoms with Gasteiger partial charge in [-0.25, -0.2) is 9.78 Å². The number of nitrogens with zero attached hydrogens (tertiary/aromatic N) is 2. The van der Waals surface area contributed by atoms with Gasteiger partial charge in [-0.2, -0.15) is 0 Å². The minimum Gasteiger partial charge on any atom is -0.490 e. The van der Waals surface area contributed by atoms with Gasteiger partial charge in [0.15, 0.2) is 22.1 Å². The number of hydrogen-bond acceptors (Lipinski definition) is 9. The molecule has 0 radical (unpaired) electrons. The number of carbonyl (C=O) groups excluding carboxylic acids is 2. The molecule has 1 aliphatic rings. The molecule has 0 unspecified atom stereocenters. The van der Waals surface area contributed by atoms with Gasteiger partial charge in [-0.1, -0.05) is 42.9 Å². The third kappa shape index (κ3) is 4.65. The lowest BCUT2D eigenvalue weighted by Gasteiger charge is -2.23. The average molecular weight is 549 g/mol. The molecule has 0 aliphatic carbocycles. The largest absolute Gasteiger partial charge is 0.490 e. The number of amides is 1. The summed E-state index contributed by atoms with van der Waals surface area (Å²) in [6.07, 6.45) is 1.88. The van der Waals surface area contributed by atoms with Gasteiger partial charge in [-0.3, -0.25) is 14.5 Å². The molecule has 3 heterocycles. The second kappa shape index (κ2) is 10.9. The van der Waals surface area contributed by atoms with Gasteiger partial charge in [0.25, 0.3) is 5.91 Å². The number of unbranched alkanes of at least 4 members (excludes halogenated alkanes) is 1. The van der Waals surface area contributed by atoms with Crippen LogP contribution in [-0.2, 0) is 4.74 Å². The summed E-state index contributed by atoms with van der Waals surface area (Å²) < 4.78 is 22.7. The Labute approximate surface area is 228 Å². The van der Waals surface area contributed by atoms with Crippen molar-refractivity contribution < 1.29 is 28.2 Å². The first-order chi connectivity index (χ1) is 18.9. The van der Waals surface area contributed by atoms with Crippen molar-refractivity contribution in [2.24, 2.45) is 0 Å². The van der Waals surface area contributed by atoms with Gasteiger partial charge in [-0.15, -0.1) is 0 Å². The first-order valence-corrected chi connectivity index (χ1v) is 13.6. The predicted molar refractivity (Wildman–Crippen MR) is 147 cm³/mol. The Morgan fingerprint density at radius 3 is 2.64 bits per heavy atom. The lowest BCUT2D eigenvalue weighted by Crippen LogP contribution is -2.29. The Balaban J connectivity index is 1.71. The van der Waals surface area contributed by atoms with E-state index in [2.05, 4.69) is 11.9 Å². The van der Waals surface area contributed by atoms with E-state index in [0.29, 0.717) is 46.9 Å². The van der Waals surface area contributed by atoms with Crippen LogP contribution in [0.3, 0.4) is 0 Å². The molecule has 4 aromatic rings. The van der Waals surface area contributed by atoms with Gasteiger partial charge < -0.3 is 18.6 Å². The normalized spacial score (nSPS) is 14.5. The van der Waals surface area contributed by atoms with Crippen LogP contribution in [0.15, 0.2) is 51.7 Å². The zero-order valence-corrected chi connectivity index (χ0v) is 22.9. The van der Waals surface area contributed by atoms with E-state index in [9.17, 15) is 14.4 Å². The van der Waals surface area contributed by atoms with Crippen LogP contribution in [0, 0.1) is 6.92 Å². The number of anilines is 1. The highest BCUT2D eigenvalue weighted by Gasteiger charge is 2.45. The third-order valence-electron chi connectivity index (χ3n) is 6.48. The molecule has 0 N–H and O–H groups in total. The van der Waals surface area contributed by atoms with Crippen LogP contribution < -0.4 is 19.8 Å². The molecule has 10 heteroatoms. The Morgan fingerprint density at radius 1 is 1.10 bits per heavy atom. The van der Waals surface area contributed by atoms with Crippen molar-refractivity contribution >= 4 is 39.3 Å². The summed E-state index contributed by atoms with van der Waals surface area (Å²) in [6.45, 7) is 6.56. The lowest BCUT2D eigenvalue weighted by molar-refractivity contribution is 0.0605. The topological polar surface area (TPSA) is 108 Å². The molecule has 0 fully saturated rings. The Bertz CT molecular complexity index is 1620. The Hall–Kier alpha value is -4.18. The molecule has 5 rings (SSSR count).